The second-order valence-electron chi connectivity index (χ2n) is 11.8. The van der Waals surface area contributed by atoms with E-state index in [1.54, 1.807) is 11.3 Å². The van der Waals surface area contributed by atoms with E-state index in [1.807, 2.05) is 64.4 Å². The third-order valence-corrected chi connectivity index (χ3v) is 8.20. The molecule has 11 nitrogen and oxygen atoms in total. The molecule has 0 aliphatic carbocycles. The summed E-state index contributed by atoms with van der Waals surface area (Å²) in [5.74, 6) is 1.10. The molecule has 3 amide bonds. The topological polar surface area (TPSA) is 139 Å². The molecule has 3 N–H and O–H groups in total. The van der Waals surface area contributed by atoms with Crippen molar-refractivity contribution in [3.63, 3.8) is 0 Å². The second kappa shape index (κ2) is 16.7. The number of amides is 3. The van der Waals surface area contributed by atoms with Gasteiger partial charge in [0.05, 0.1) is 54.7 Å². The molecule has 1 aliphatic rings. The van der Waals surface area contributed by atoms with Crippen LogP contribution in [0.3, 0.4) is 0 Å². The van der Waals surface area contributed by atoms with Crippen molar-refractivity contribution in [3.8, 4) is 22.8 Å². The van der Waals surface area contributed by atoms with Crippen molar-refractivity contribution in [1.29, 1.82) is 0 Å². The number of terminal acetylenes is 1. The Morgan fingerprint density at radius 3 is 2.39 bits per heavy atom. The fraction of sp³-hybridized carbons (Fsp3) is 0.562. The maximum atomic E-state index is 13.8. The van der Waals surface area contributed by atoms with Gasteiger partial charge in [-0.2, -0.15) is 0 Å². The van der Waals surface area contributed by atoms with Crippen molar-refractivity contribution >= 4 is 29.1 Å². The van der Waals surface area contributed by atoms with Crippen molar-refractivity contribution in [3.05, 3.63) is 41.0 Å². The number of nitrogens with one attached hydrogen (secondary N) is 2. The summed E-state index contributed by atoms with van der Waals surface area (Å²) in [6.07, 6.45) is 4.36. The van der Waals surface area contributed by atoms with Gasteiger partial charge in [-0.25, -0.2) is 4.98 Å². The average molecular weight is 629 g/mol. The number of β-amino-alcohol motifs (C(OH)–C–C–N with tert-alkyl or cyclic N) is 1. The highest BCUT2D eigenvalue weighted by Gasteiger charge is 2.44. The lowest BCUT2D eigenvalue weighted by molar-refractivity contribution is -0.144. The van der Waals surface area contributed by atoms with Crippen LogP contribution in [0, 0.1) is 24.7 Å². The minimum atomic E-state index is -0.941. The number of aryl methyl sites for hydroxylation is 1. The highest BCUT2D eigenvalue weighted by molar-refractivity contribution is 7.13. The lowest BCUT2D eigenvalue weighted by atomic mass is 9.85. The fourth-order valence-electron chi connectivity index (χ4n) is 4.85. The van der Waals surface area contributed by atoms with Gasteiger partial charge in [0.1, 0.15) is 25.3 Å². The van der Waals surface area contributed by atoms with Gasteiger partial charge < -0.3 is 34.9 Å². The van der Waals surface area contributed by atoms with Crippen LogP contribution in [0.5, 0.6) is 0 Å². The molecule has 1 saturated heterocycles. The number of aliphatic hydroxyl groups excluding tert-OH is 1. The van der Waals surface area contributed by atoms with Crippen molar-refractivity contribution in [1.82, 2.24) is 20.5 Å². The van der Waals surface area contributed by atoms with E-state index in [0.717, 1.165) is 21.7 Å². The lowest BCUT2D eigenvalue weighted by Gasteiger charge is -2.35. The van der Waals surface area contributed by atoms with Crippen LogP contribution < -0.4 is 10.6 Å². The fourth-order valence-corrected chi connectivity index (χ4v) is 5.66. The molecule has 4 atom stereocenters. The Morgan fingerprint density at radius 2 is 1.77 bits per heavy atom. The maximum Gasteiger partial charge on any atom is 0.246 e. The van der Waals surface area contributed by atoms with Gasteiger partial charge in [0.2, 0.25) is 17.7 Å². The monoisotopic (exact) mass is 628 g/mol. The molecule has 0 saturated carbocycles. The molecular formula is C32H44N4O7S. The molecule has 1 fully saturated rings. The van der Waals surface area contributed by atoms with Gasteiger partial charge in [-0.1, -0.05) is 51.0 Å². The van der Waals surface area contributed by atoms with Gasteiger partial charge in [-0.05, 0) is 30.4 Å². The molecule has 1 aromatic heterocycles. The highest BCUT2D eigenvalue weighted by Crippen LogP contribution is 2.29. The minimum Gasteiger partial charge on any atom is -0.391 e. The number of benzene rings is 1. The maximum absolute atomic E-state index is 13.8. The molecule has 0 radical (unpaired) electrons. The van der Waals surface area contributed by atoms with Gasteiger partial charge in [0.15, 0.2) is 0 Å². The number of aromatic nitrogens is 1. The number of hydrogen-bond acceptors (Lipinski definition) is 9. The van der Waals surface area contributed by atoms with E-state index in [1.165, 1.54) is 4.90 Å². The van der Waals surface area contributed by atoms with Crippen molar-refractivity contribution in [2.24, 2.45) is 5.41 Å². The van der Waals surface area contributed by atoms with E-state index in [9.17, 15) is 19.5 Å². The quantitative estimate of drug-likeness (QED) is 0.202. The van der Waals surface area contributed by atoms with E-state index >= 15 is 0 Å². The average Bonchev–Trinajstić information content (AvgIpc) is 3.59. The summed E-state index contributed by atoms with van der Waals surface area (Å²) in [5.41, 5.74) is 4.07. The number of ether oxygens (including phenoxy) is 3. The Bertz CT molecular complexity index is 1280. The SMILES string of the molecule is C#CCOCCOCCOCC(=O)NC(C(=O)N1CC(O)CC1C(=O)NC(C)c1ccc(-c2scnc2C)cc1)C(C)(C)C. The predicted octanol–water partition coefficient (Wildman–Crippen LogP) is 2.47. The van der Waals surface area contributed by atoms with Gasteiger partial charge in [-0.3, -0.25) is 14.4 Å². The Labute approximate surface area is 263 Å². The summed E-state index contributed by atoms with van der Waals surface area (Å²) in [4.78, 5) is 46.7. The minimum absolute atomic E-state index is 0.00442. The predicted molar refractivity (Wildman–Crippen MR) is 168 cm³/mol. The largest absolute Gasteiger partial charge is 0.391 e. The summed E-state index contributed by atoms with van der Waals surface area (Å²) in [5, 5.41) is 16.2. The number of carbonyl (C=O) groups excluding carboxylic acids is 3. The van der Waals surface area contributed by atoms with E-state index < -0.39 is 35.4 Å². The van der Waals surface area contributed by atoms with Gasteiger partial charge in [0, 0.05) is 13.0 Å². The third kappa shape index (κ3) is 10.1. The number of carbonyl (C=O) groups is 3. The number of likely N-dealkylation sites (tertiary alicyclic amines) is 1. The number of thiazole rings is 1. The van der Waals surface area contributed by atoms with Crippen LogP contribution >= 0.6 is 11.3 Å². The van der Waals surface area contributed by atoms with E-state index in [4.69, 9.17) is 20.6 Å². The Kier molecular flexibility index (Phi) is 13.3. The number of rotatable bonds is 15. The van der Waals surface area contributed by atoms with Crippen LogP contribution in [0.15, 0.2) is 29.8 Å². The summed E-state index contributed by atoms with van der Waals surface area (Å²) >= 11 is 1.58. The molecule has 3 rings (SSSR count). The number of hydrogen-bond donors (Lipinski definition) is 3. The van der Waals surface area contributed by atoms with Crippen LogP contribution in [0.2, 0.25) is 0 Å². The number of nitrogens with zero attached hydrogens (tertiary/aromatic N) is 2. The normalized spacial score (nSPS) is 18.0. The summed E-state index contributed by atoms with van der Waals surface area (Å²) < 4.78 is 15.9. The van der Waals surface area contributed by atoms with Gasteiger partial charge in [-0.15, -0.1) is 17.8 Å². The lowest BCUT2D eigenvalue weighted by Crippen LogP contribution is -2.58. The molecule has 1 aliphatic heterocycles. The van der Waals surface area contributed by atoms with Crippen LogP contribution in [0.1, 0.15) is 51.4 Å². The first-order chi connectivity index (χ1) is 20.9. The van der Waals surface area contributed by atoms with Crippen LogP contribution in [0.25, 0.3) is 10.4 Å². The molecular weight excluding hydrogens is 584 g/mol. The van der Waals surface area contributed by atoms with Gasteiger partial charge in [0.25, 0.3) is 0 Å². The molecule has 1 aromatic carbocycles. The Balaban J connectivity index is 1.56. The van der Waals surface area contributed by atoms with Crippen LogP contribution in [0.4, 0.5) is 0 Å². The summed E-state index contributed by atoms with van der Waals surface area (Å²) in [6.45, 7) is 10.4. The first-order valence-electron chi connectivity index (χ1n) is 14.7. The first kappa shape index (κ1) is 35.1. The standard InChI is InChI=1S/C32H44N4O7S/c1-7-12-41-13-14-42-15-16-43-19-27(38)35-29(32(4,5)6)31(40)36-18-25(37)17-26(36)30(39)34-21(2)23-8-10-24(11-9-23)28-22(3)33-20-44-28/h1,8-11,20-21,25-26,29,37H,12-19H2,2-6H3,(H,34,39)(H,35,38). The van der Waals surface area contributed by atoms with Gasteiger partial charge >= 0.3 is 0 Å². The zero-order valence-corrected chi connectivity index (χ0v) is 26.9. The molecule has 4 unspecified atom stereocenters. The summed E-state index contributed by atoms with van der Waals surface area (Å²) in [7, 11) is 0. The Hall–Kier alpha value is -3.34. The van der Waals surface area contributed by atoms with Crippen LogP contribution in [-0.4, -0.2) is 97.1 Å². The molecule has 12 heteroatoms. The smallest absolute Gasteiger partial charge is 0.246 e. The van der Waals surface area contributed by atoms with E-state index in [0.29, 0.717) is 13.2 Å². The molecule has 240 valence electrons. The van der Waals surface area contributed by atoms with E-state index in [2.05, 4.69) is 21.5 Å². The zero-order chi connectivity index (χ0) is 32.3. The zero-order valence-electron chi connectivity index (χ0n) is 26.1. The van der Waals surface area contributed by atoms with Crippen molar-refractivity contribution in [2.45, 2.75) is 65.3 Å². The summed E-state index contributed by atoms with van der Waals surface area (Å²) in [6, 6.07) is 5.77. The highest BCUT2D eigenvalue weighted by atomic mass is 32.1. The van der Waals surface area contributed by atoms with Crippen molar-refractivity contribution < 1.29 is 33.7 Å². The number of aliphatic hydroxyl groups is 1. The third-order valence-electron chi connectivity index (χ3n) is 7.22. The Morgan fingerprint density at radius 1 is 1.11 bits per heavy atom. The molecule has 0 bridgehead atoms. The van der Waals surface area contributed by atoms with Crippen molar-refractivity contribution in [2.75, 3.05) is 46.2 Å². The van der Waals surface area contributed by atoms with Crippen LogP contribution in [-0.2, 0) is 28.6 Å². The molecule has 0 spiro atoms. The molecule has 2 heterocycles. The molecule has 44 heavy (non-hydrogen) atoms. The molecule has 2 aromatic rings. The first-order valence-corrected chi connectivity index (χ1v) is 15.6. The van der Waals surface area contributed by atoms with E-state index in [-0.39, 0.29) is 51.3 Å². The second-order valence-corrected chi connectivity index (χ2v) is 12.7.